The van der Waals surface area contributed by atoms with Crippen LogP contribution in [0.1, 0.15) is 19.8 Å². The molecule has 0 saturated heterocycles. The summed E-state index contributed by atoms with van der Waals surface area (Å²) in [5.41, 5.74) is 0. The molecule has 30 valence electrons. The Hall–Kier alpha value is -0.260. The van der Waals surface area contributed by atoms with Gasteiger partial charge in [-0.05, 0) is 6.42 Å². The van der Waals surface area contributed by atoms with Gasteiger partial charge in [-0.15, -0.1) is 6.58 Å². The standard InChI is InChI=1S/C5H10/c1-3-5-4-2/h3H,1,4-5H2,2H3/i1+1. The lowest BCUT2D eigenvalue weighted by molar-refractivity contribution is 0.961. The summed E-state index contributed by atoms with van der Waals surface area (Å²) in [6, 6.07) is 0. The predicted molar refractivity (Wildman–Crippen MR) is 25.1 cm³/mol. The summed E-state index contributed by atoms with van der Waals surface area (Å²) in [5, 5.41) is 0. The fourth-order valence-corrected chi connectivity index (χ4v) is 0.204. The molecule has 0 atom stereocenters. The van der Waals surface area contributed by atoms with Gasteiger partial charge in [0.1, 0.15) is 0 Å². The van der Waals surface area contributed by atoms with Crippen molar-refractivity contribution in [3.63, 3.8) is 0 Å². The van der Waals surface area contributed by atoms with E-state index in [4.69, 9.17) is 0 Å². The third-order valence-corrected chi connectivity index (χ3v) is 0.493. The van der Waals surface area contributed by atoms with E-state index in [1.165, 1.54) is 6.42 Å². The van der Waals surface area contributed by atoms with E-state index in [0.29, 0.717) is 0 Å². The zero-order valence-electron chi connectivity index (χ0n) is 3.70. The molecular formula is C5H10. The molecule has 0 aromatic carbocycles. The van der Waals surface area contributed by atoms with Crippen LogP contribution in [0.5, 0.6) is 0 Å². The third-order valence-electron chi connectivity index (χ3n) is 0.493. The molecular weight excluding hydrogens is 61.0 g/mol. The van der Waals surface area contributed by atoms with Gasteiger partial charge in [0.05, 0.1) is 0 Å². The van der Waals surface area contributed by atoms with Crippen LogP contribution in [0.15, 0.2) is 12.7 Å². The molecule has 0 fully saturated rings. The van der Waals surface area contributed by atoms with E-state index in [2.05, 4.69) is 13.5 Å². The molecule has 0 N–H and O–H groups in total. The monoisotopic (exact) mass is 71.1 g/mol. The van der Waals surface area contributed by atoms with Crippen molar-refractivity contribution in [1.29, 1.82) is 0 Å². The first kappa shape index (κ1) is 4.74. The maximum Gasteiger partial charge on any atom is -0.0356 e. The molecule has 0 bridgehead atoms. The van der Waals surface area contributed by atoms with Crippen LogP contribution in [0.3, 0.4) is 0 Å². The molecule has 0 aromatic rings. The van der Waals surface area contributed by atoms with Crippen LogP contribution in [0.2, 0.25) is 0 Å². The minimum absolute atomic E-state index is 1.15. The Bertz CT molecular complexity index is 21.2. The lowest BCUT2D eigenvalue weighted by Gasteiger charge is -1.72. The number of hydrogen-bond donors (Lipinski definition) is 0. The van der Waals surface area contributed by atoms with Crippen LogP contribution >= 0.6 is 0 Å². The molecule has 0 heteroatoms. The topological polar surface area (TPSA) is 0 Å². The van der Waals surface area contributed by atoms with Crippen molar-refractivity contribution in [3.05, 3.63) is 12.7 Å². The molecule has 0 rings (SSSR count). The summed E-state index contributed by atoms with van der Waals surface area (Å²) in [6.45, 7) is 5.69. The fourth-order valence-electron chi connectivity index (χ4n) is 0.204. The van der Waals surface area contributed by atoms with Crippen molar-refractivity contribution in [3.8, 4) is 0 Å². The Balaban J connectivity index is 2.40. The molecule has 0 aromatic heterocycles. The van der Waals surface area contributed by atoms with Gasteiger partial charge in [0.15, 0.2) is 0 Å². The van der Waals surface area contributed by atoms with E-state index < -0.39 is 0 Å². The normalized spacial score (nSPS) is 7.40. The van der Waals surface area contributed by atoms with E-state index >= 15 is 0 Å². The number of hydrogen-bond acceptors (Lipinski definition) is 0. The molecule has 0 nitrogen and oxygen atoms in total. The van der Waals surface area contributed by atoms with Gasteiger partial charge in [-0.2, -0.15) is 0 Å². The van der Waals surface area contributed by atoms with Crippen molar-refractivity contribution < 1.29 is 0 Å². The molecule has 0 aliphatic rings. The van der Waals surface area contributed by atoms with Gasteiger partial charge in [-0.3, -0.25) is 0 Å². The van der Waals surface area contributed by atoms with Gasteiger partial charge in [0, 0.05) is 0 Å². The maximum atomic E-state index is 3.55. The Morgan fingerprint density at radius 1 is 1.80 bits per heavy atom. The van der Waals surface area contributed by atoms with E-state index in [0.717, 1.165) is 6.42 Å². The first-order chi connectivity index (χ1) is 2.41. The predicted octanol–water partition coefficient (Wildman–Crippen LogP) is 1.97. The maximum absolute atomic E-state index is 3.55. The van der Waals surface area contributed by atoms with Gasteiger partial charge in [-0.1, -0.05) is 19.4 Å². The molecule has 0 spiro atoms. The molecule has 5 heavy (non-hydrogen) atoms. The number of allylic oxidation sites excluding steroid dienone is 1. The SMILES string of the molecule is CCCC=[13CH2]. The first-order valence-corrected chi connectivity index (χ1v) is 2.02. The van der Waals surface area contributed by atoms with E-state index in [9.17, 15) is 0 Å². The molecule has 0 heterocycles. The van der Waals surface area contributed by atoms with Crippen LogP contribution in [-0.4, -0.2) is 0 Å². The molecule has 0 aliphatic heterocycles. The van der Waals surface area contributed by atoms with Crippen LogP contribution < -0.4 is 0 Å². The fraction of sp³-hybridized carbons (Fsp3) is 0.600. The van der Waals surface area contributed by atoms with Crippen molar-refractivity contribution in [2.24, 2.45) is 0 Å². The van der Waals surface area contributed by atoms with Gasteiger partial charge < -0.3 is 0 Å². The Morgan fingerprint density at radius 3 is 2.40 bits per heavy atom. The van der Waals surface area contributed by atoms with Crippen molar-refractivity contribution in [2.75, 3.05) is 0 Å². The highest BCUT2D eigenvalue weighted by molar-refractivity contribution is 4.63. The van der Waals surface area contributed by atoms with Gasteiger partial charge in [0.25, 0.3) is 0 Å². The van der Waals surface area contributed by atoms with E-state index in [-0.39, 0.29) is 0 Å². The van der Waals surface area contributed by atoms with Crippen molar-refractivity contribution >= 4 is 0 Å². The van der Waals surface area contributed by atoms with Crippen molar-refractivity contribution in [1.82, 2.24) is 0 Å². The van der Waals surface area contributed by atoms with Crippen LogP contribution in [-0.2, 0) is 0 Å². The quantitative estimate of drug-likeness (QED) is 0.345. The number of rotatable bonds is 2. The second-order valence-electron chi connectivity index (χ2n) is 1.08. The van der Waals surface area contributed by atoms with E-state index in [1.54, 1.807) is 0 Å². The summed E-state index contributed by atoms with van der Waals surface area (Å²) in [6.07, 6.45) is 4.31. The Labute approximate surface area is 33.5 Å². The lowest BCUT2D eigenvalue weighted by Crippen LogP contribution is -1.52. The lowest BCUT2D eigenvalue weighted by atomic mass is 10.4. The average molecular weight is 71.1 g/mol. The highest BCUT2D eigenvalue weighted by Crippen LogP contribution is 1.82. The van der Waals surface area contributed by atoms with Crippen LogP contribution in [0, 0.1) is 0 Å². The van der Waals surface area contributed by atoms with Gasteiger partial charge in [-0.25, -0.2) is 0 Å². The average Bonchev–Trinajstić information content (AvgIpc) is 1.41. The highest BCUT2D eigenvalue weighted by Gasteiger charge is 1.61. The van der Waals surface area contributed by atoms with Gasteiger partial charge >= 0.3 is 0 Å². The van der Waals surface area contributed by atoms with Crippen molar-refractivity contribution in [2.45, 2.75) is 19.8 Å². The molecule has 0 aliphatic carbocycles. The summed E-state index contributed by atoms with van der Waals surface area (Å²) < 4.78 is 0. The highest BCUT2D eigenvalue weighted by atomic mass is 13.8. The summed E-state index contributed by atoms with van der Waals surface area (Å²) in [4.78, 5) is 0. The summed E-state index contributed by atoms with van der Waals surface area (Å²) in [5.74, 6) is 0. The Morgan fingerprint density at radius 2 is 2.40 bits per heavy atom. The molecule has 0 amide bonds. The second kappa shape index (κ2) is 3.74. The van der Waals surface area contributed by atoms with E-state index in [1.807, 2.05) is 6.08 Å². The van der Waals surface area contributed by atoms with Gasteiger partial charge in [0.2, 0.25) is 0 Å². The summed E-state index contributed by atoms with van der Waals surface area (Å²) >= 11 is 0. The molecule has 0 radical (unpaired) electrons. The smallest absolute Gasteiger partial charge is 0.0356 e. The minimum Gasteiger partial charge on any atom is -0.103 e. The molecule has 0 unspecified atom stereocenters. The number of unbranched alkanes of at least 4 members (excludes halogenated alkanes) is 1. The summed E-state index contributed by atoms with van der Waals surface area (Å²) in [7, 11) is 0. The van der Waals surface area contributed by atoms with Crippen LogP contribution in [0.25, 0.3) is 0 Å². The zero-order valence-corrected chi connectivity index (χ0v) is 3.70. The zero-order chi connectivity index (χ0) is 4.12. The minimum atomic E-state index is 1.15. The molecule has 0 saturated carbocycles. The third kappa shape index (κ3) is 3.74. The Kier molecular flexibility index (Phi) is 3.55. The first-order valence-electron chi connectivity index (χ1n) is 2.02. The second-order valence-corrected chi connectivity index (χ2v) is 1.08. The largest absolute Gasteiger partial charge is 0.103 e. The van der Waals surface area contributed by atoms with Crippen LogP contribution in [0.4, 0.5) is 0 Å².